The molecule has 9 nitrogen and oxygen atoms in total. The highest BCUT2D eigenvalue weighted by molar-refractivity contribution is 5.63. The van der Waals surface area contributed by atoms with Crippen molar-refractivity contribution in [3.63, 3.8) is 0 Å². The van der Waals surface area contributed by atoms with Crippen molar-refractivity contribution in [2.24, 2.45) is 5.73 Å². The molecule has 0 spiro atoms. The number of nitrogens with zero attached hydrogens (tertiary/aromatic N) is 3. The maximum absolute atomic E-state index is 14.7. The molecular weight excluding hydrogens is 439 g/mol. The van der Waals surface area contributed by atoms with Crippen molar-refractivity contribution < 1.29 is 18.6 Å². The van der Waals surface area contributed by atoms with E-state index in [-0.39, 0.29) is 0 Å². The smallest absolute Gasteiger partial charge is 0.232 e. The SMILES string of the molecule is COCCN[C@H]1CC[C@H](Nc2cc(-c3cncc(OCC4(N)CCOCC4)n3)c(F)cn2)CC1. The van der Waals surface area contributed by atoms with Gasteiger partial charge < -0.3 is 30.6 Å². The minimum Gasteiger partial charge on any atom is -0.475 e. The molecule has 1 aliphatic heterocycles. The van der Waals surface area contributed by atoms with Crippen LogP contribution >= 0.6 is 0 Å². The van der Waals surface area contributed by atoms with Gasteiger partial charge in [0.15, 0.2) is 5.82 Å². The van der Waals surface area contributed by atoms with Gasteiger partial charge in [-0.05, 0) is 44.6 Å². The van der Waals surface area contributed by atoms with Gasteiger partial charge in [0.1, 0.15) is 12.4 Å². The van der Waals surface area contributed by atoms with E-state index in [0.717, 1.165) is 51.7 Å². The first-order chi connectivity index (χ1) is 16.5. The molecule has 0 atom stereocenters. The molecule has 0 aromatic carbocycles. The number of hydrogen-bond acceptors (Lipinski definition) is 9. The standard InChI is InChI=1S/C24H35FN6O3/c1-32-11-8-28-17-2-4-18(5-3-17)30-22-12-19(20(25)13-29-22)21-14-27-15-23(31-21)34-16-24(26)6-9-33-10-7-24/h12-15,17-18,28H,2-11,16,26H2,1H3,(H,29,30)/t17-,18-. The molecule has 186 valence electrons. The Bertz CT molecular complexity index is 919. The molecule has 1 aliphatic carbocycles. The highest BCUT2D eigenvalue weighted by Crippen LogP contribution is 2.27. The number of nitrogens with two attached hydrogens (primary N) is 1. The number of aromatic nitrogens is 3. The Morgan fingerprint density at radius 3 is 2.68 bits per heavy atom. The van der Waals surface area contributed by atoms with Gasteiger partial charge in [0, 0.05) is 44.5 Å². The molecule has 3 heterocycles. The summed E-state index contributed by atoms with van der Waals surface area (Å²) in [4.78, 5) is 12.9. The van der Waals surface area contributed by atoms with Gasteiger partial charge in [0.05, 0.1) is 36.4 Å². The van der Waals surface area contributed by atoms with Crippen LogP contribution in [0.1, 0.15) is 38.5 Å². The maximum atomic E-state index is 14.7. The fraction of sp³-hybridized carbons (Fsp3) is 0.625. The fourth-order valence-corrected chi connectivity index (χ4v) is 4.42. The van der Waals surface area contributed by atoms with Crippen molar-refractivity contribution in [2.75, 3.05) is 45.4 Å². The zero-order valence-electron chi connectivity index (χ0n) is 19.8. The van der Waals surface area contributed by atoms with E-state index >= 15 is 0 Å². The second-order valence-corrected chi connectivity index (χ2v) is 9.20. The van der Waals surface area contributed by atoms with Crippen molar-refractivity contribution in [1.82, 2.24) is 20.3 Å². The van der Waals surface area contributed by atoms with Gasteiger partial charge in [-0.25, -0.2) is 14.4 Å². The molecule has 4 N–H and O–H groups in total. The lowest BCUT2D eigenvalue weighted by molar-refractivity contribution is 0.0335. The van der Waals surface area contributed by atoms with Crippen LogP contribution in [0.4, 0.5) is 10.2 Å². The van der Waals surface area contributed by atoms with E-state index < -0.39 is 11.4 Å². The monoisotopic (exact) mass is 474 g/mol. The molecule has 4 rings (SSSR count). The number of methoxy groups -OCH3 is 1. The van der Waals surface area contributed by atoms with Gasteiger partial charge in [0.2, 0.25) is 5.88 Å². The Labute approximate surface area is 200 Å². The van der Waals surface area contributed by atoms with Crippen molar-refractivity contribution >= 4 is 5.82 Å². The minimum absolute atomic E-state index is 0.298. The maximum Gasteiger partial charge on any atom is 0.232 e. The third-order valence-electron chi connectivity index (χ3n) is 6.56. The third-order valence-corrected chi connectivity index (χ3v) is 6.56. The normalized spacial score (nSPS) is 22.3. The van der Waals surface area contributed by atoms with Crippen molar-refractivity contribution in [3.8, 4) is 17.1 Å². The highest BCUT2D eigenvalue weighted by Gasteiger charge is 2.29. The summed E-state index contributed by atoms with van der Waals surface area (Å²) in [6, 6.07) is 2.50. The van der Waals surface area contributed by atoms with Gasteiger partial charge in [-0.3, -0.25) is 4.98 Å². The van der Waals surface area contributed by atoms with Crippen LogP contribution in [-0.4, -0.2) is 72.7 Å². The predicted molar refractivity (Wildman–Crippen MR) is 127 cm³/mol. The van der Waals surface area contributed by atoms with Crippen molar-refractivity contribution in [1.29, 1.82) is 0 Å². The molecular formula is C24H35FN6O3. The Hall–Kier alpha value is -2.40. The Kier molecular flexibility index (Phi) is 8.60. The molecule has 1 saturated heterocycles. The Morgan fingerprint density at radius 2 is 1.91 bits per heavy atom. The summed E-state index contributed by atoms with van der Waals surface area (Å²) in [6.07, 6.45) is 9.91. The van der Waals surface area contributed by atoms with E-state index in [1.54, 1.807) is 13.2 Å². The summed E-state index contributed by atoms with van der Waals surface area (Å²) in [5.74, 6) is 0.491. The molecule has 34 heavy (non-hydrogen) atoms. The predicted octanol–water partition coefficient (Wildman–Crippen LogP) is 2.52. The van der Waals surface area contributed by atoms with Crippen LogP contribution in [-0.2, 0) is 9.47 Å². The largest absolute Gasteiger partial charge is 0.475 e. The van der Waals surface area contributed by atoms with Crippen LogP contribution in [0, 0.1) is 5.82 Å². The summed E-state index contributed by atoms with van der Waals surface area (Å²) in [7, 11) is 1.71. The lowest BCUT2D eigenvalue weighted by Gasteiger charge is -2.32. The Balaban J connectivity index is 1.36. The van der Waals surface area contributed by atoms with Crippen molar-refractivity contribution in [2.45, 2.75) is 56.1 Å². The number of nitrogens with one attached hydrogen (secondary N) is 2. The zero-order valence-corrected chi connectivity index (χ0v) is 19.8. The van der Waals surface area contributed by atoms with Gasteiger partial charge >= 0.3 is 0 Å². The van der Waals surface area contributed by atoms with Gasteiger partial charge in [0.25, 0.3) is 0 Å². The highest BCUT2D eigenvalue weighted by atomic mass is 19.1. The first kappa shape index (κ1) is 24.7. The summed E-state index contributed by atoms with van der Waals surface area (Å²) >= 11 is 0. The summed E-state index contributed by atoms with van der Waals surface area (Å²) < 4.78 is 31.0. The molecule has 0 amide bonds. The van der Waals surface area contributed by atoms with Crippen LogP contribution in [0.2, 0.25) is 0 Å². The van der Waals surface area contributed by atoms with E-state index in [1.165, 1.54) is 18.6 Å². The first-order valence-electron chi connectivity index (χ1n) is 12.0. The zero-order chi connectivity index (χ0) is 23.8. The van der Waals surface area contributed by atoms with E-state index in [0.29, 0.717) is 54.9 Å². The van der Waals surface area contributed by atoms with Gasteiger partial charge in [-0.2, -0.15) is 0 Å². The molecule has 0 unspecified atom stereocenters. The second kappa shape index (κ2) is 11.8. The fourth-order valence-electron chi connectivity index (χ4n) is 4.42. The molecule has 2 aromatic heterocycles. The van der Waals surface area contributed by atoms with E-state index in [2.05, 4.69) is 25.6 Å². The summed E-state index contributed by atoms with van der Waals surface area (Å²) in [5, 5.41) is 6.98. The van der Waals surface area contributed by atoms with Crippen LogP contribution < -0.4 is 21.1 Å². The van der Waals surface area contributed by atoms with Crippen LogP contribution in [0.3, 0.4) is 0 Å². The molecule has 10 heteroatoms. The third kappa shape index (κ3) is 6.82. The molecule has 2 aliphatic rings. The van der Waals surface area contributed by atoms with Crippen LogP contribution in [0.15, 0.2) is 24.7 Å². The number of halogens is 1. The summed E-state index contributed by atoms with van der Waals surface area (Å²) in [6.45, 7) is 3.14. The van der Waals surface area contributed by atoms with Crippen LogP contribution in [0.5, 0.6) is 5.88 Å². The number of anilines is 1. The lowest BCUT2D eigenvalue weighted by Crippen LogP contribution is -2.49. The van der Waals surface area contributed by atoms with E-state index in [4.69, 9.17) is 19.9 Å². The quantitative estimate of drug-likeness (QED) is 0.447. The number of hydrogen-bond donors (Lipinski definition) is 3. The average Bonchev–Trinajstić information content (AvgIpc) is 2.86. The summed E-state index contributed by atoms with van der Waals surface area (Å²) in [5.41, 5.74) is 6.66. The number of rotatable bonds is 10. The molecule has 2 aromatic rings. The minimum atomic E-state index is -0.456. The lowest BCUT2D eigenvalue weighted by atomic mass is 9.91. The molecule has 2 fully saturated rings. The first-order valence-corrected chi connectivity index (χ1v) is 12.0. The number of ether oxygens (including phenoxy) is 3. The van der Waals surface area contributed by atoms with Crippen LogP contribution in [0.25, 0.3) is 11.3 Å². The van der Waals surface area contributed by atoms with Gasteiger partial charge in [-0.1, -0.05) is 0 Å². The molecule has 0 bridgehead atoms. The van der Waals surface area contributed by atoms with E-state index in [1.807, 2.05) is 0 Å². The second-order valence-electron chi connectivity index (χ2n) is 9.20. The molecule has 1 saturated carbocycles. The number of pyridine rings is 1. The Morgan fingerprint density at radius 1 is 1.15 bits per heavy atom. The topological polar surface area (TPSA) is 116 Å². The van der Waals surface area contributed by atoms with Gasteiger partial charge in [-0.15, -0.1) is 0 Å². The van der Waals surface area contributed by atoms with Crippen molar-refractivity contribution in [3.05, 3.63) is 30.5 Å². The van der Waals surface area contributed by atoms with E-state index in [9.17, 15) is 4.39 Å². The molecule has 0 radical (unpaired) electrons. The average molecular weight is 475 g/mol.